The molecule has 4 heterocycles. The van der Waals surface area contributed by atoms with E-state index in [1.54, 1.807) is 6.92 Å². The van der Waals surface area contributed by atoms with Gasteiger partial charge >= 0.3 is 25.8 Å². The average molecular weight is 672 g/mol. The summed E-state index contributed by atoms with van der Waals surface area (Å²) in [4.78, 5) is 50.5. The lowest BCUT2D eigenvalue weighted by molar-refractivity contribution is -0.143. The van der Waals surface area contributed by atoms with Crippen molar-refractivity contribution in [2.24, 2.45) is 11.8 Å². The van der Waals surface area contributed by atoms with Gasteiger partial charge in [0.15, 0.2) is 29.1 Å². The summed E-state index contributed by atoms with van der Waals surface area (Å²) in [5, 5.41) is 5.53. The minimum absolute atomic E-state index is 0.00623. The molecule has 19 heteroatoms. The number of carbonyl (C=O) groups excluding carboxylic acids is 3. The van der Waals surface area contributed by atoms with Crippen LogP contribution >= 0.6 is 7.67 Å². The Balaban J connectivity index is 1.67. The van der Waals surface area contributed by atoms with Crippen LogP contribution in [0, 0.1) is 11.8 Å². The molecule has 2 aromatic rings. The van der Waals surface area contributed by atoms with Crippen LogP contribution in [-0.2, 0) is 42.4 Å². The lowest BCUT2D eigenvalue weighted by Gasteiger charge is -2.30. The highest BCUT2D eigenvalue weighted by Crippen LogP contribution is 2.49. The summed E-state index contributed by atoms with van der Waals surface area (Å²) in [6.07, 6.45) is -2.23. The second-order valence-electron chi connectivity index (χ2n) is 12.0. The molecule has 0 aliphatic carbocycles. The Bertz CT molecular complexity index is 1450. The summed E-state index contributed by atoms with van der Waals surface area (Å²) in [7, 11) is -0.450. The highest BCUT2D eigenvalue weighted by Gasteiger charge is 2.64. The Morgan fingerprint density at radius 3 is 2.17 bits per heavy atom. The molecule has 46 heavy (non-hydrogen) atoms. The summed E-state index contributed by atoms with van der Waals surface area (Å²) in [5.74, 6) is -1.33. The van der Waals surface area contributed by atoms with E-state index in [0.717, 1.165) is 0 Å². The predicted molar refractivity (Wildman–Crippen MR) is 160 cm³/mol. The van der Waals surface area contributed by atoms with Gasteiger partial charge in [-0.05, 0) is 31.6 Å². The maximum Gasteiger partial charge on any atom is 0.509 e. The predicted octanol–water partition coefficient (Wildman–Crippen LogP) is 2.09. The summed E-state index contributed by atoms with van der Waals surface area (Å²) in [5.41, 5.74) is 4.98. The number of nitrogen functional groups attached to an aromatic ring is 1. The van der Waals surface area contributed by atoms with E-state index in [2.05, 4.69) is 25.1 Å². The zero-order valence-electron chi connectivity index (χ0n) is 27.0. The van der Waals surface area contributed by atoms with E-state index in [4.69, 9.17) is 38.7 Å². The van der Waals surface area contributed by atoms with Gasteiger partial charge in [-0.1, -0.05) is 27.7 Å². The van der Waals surface area contributed by atoms with Crippen LogP contribution in [0.15, 0.2) is 6.33 Å². The van der Waals surface area contributed by atoms with E-state index < -0.39 is 68.5 Å². The maximum absolute atomic E-state index is 14.5. The largest absolute Gasteiger partial charge is 0.509 e. The van der Waals surface area contributed by atoms with Crippen molar-refractivity contribution < 1.29 is 51.9 Å². The Hall–Kier alpha value is -3.57. The molecule has 2 saturated heterocycles. The van der Waals surface area contributed by atoms with Crippen molar-refractivity contribution in [1.29, 1.82) is 0 Å². The molecule has 0 aromatic carbocycles. The number of fused-ring (bicyclic) bond motifs is 2. The molecule has 0 saturated carbocycles. The van der Waals surface area contributed by atoms with Crippen LogP contribution in [-0.4, -0.2) is 95.4 Å². The van der Waals surface area contributed by atoms with E-state index in [9.17, 15) is 18.9 Å². The van der Waals surface area contributed by atoms with Gasteiger partial charge in [-0.2, -0.15) is 9.97 Å². The number of nitrogens with zero attached hydrogens (tertiary/aromatic N) is 4. The molecule has 18 nitrogen and oxygen atoms in total. The SMILES string of the molecule is COC(=O)C(CC(C)C)NP(=O)(NC(CC(C)C)C(=O)OC)OC[C@H]1O[C@@H](n2cnc3c(OC)nc(N)nc32)C2(C)OC(=O)O[C@@H]12. The number of esters is 2. The van der Waals surface area contributed by atoms with Gasteiger partial charge in [0.25, 0.3) is 0 Å². The highest BCUT2D eigenvalue weighted by atomic mass is 31.2. The fourth-order valence-electron chi connectivity index (χ4n) is 5.51. The maximum atomic E-state index is 14.5. The number of ether oxygens (including phenoxy) is 6. The molecule has 0 spiro atoms. The zero-order valence-corrected chi connectivity index (χ0v) is 27.9. The first-order valence-corrected chi connectivity index (χ1v) is 16.3. The number of nitrogens with two attached hydrogens (primary N) is 1. The monoisotopic (exact) mass is 671 g/mol. The summed E-state index contributed by atoms with van der Waals surface area (Å²) in [6, 6.07) is -2.12. The van der Waals surface area contributed by atoms with E-state index in [1.807, 2.05) is 27.7 Å². The molecule has 2 aromatic heterocycles. The standard InChI is InChI=1S/C27H42N7O11P/c1-13(2)9-15(22(35)40-7)32-46(38,33-16(10-14(3)4)23(36)41-8)42-11-17-19-27(5,45-26(37)44-19)24(43-17)34-12-29-18-20(34)30-25(28)31-21(18)39-6/h12-17,19,24H,9-11H2,1-8H3,(H2,28,30,31)(H2,32,33,38)/t15?,16?,17-,19+,24-,27?,46?/m1/s1. The molecule has 2 aliphatic rings. The van der Waals surface area contributed by atoms with Crippen molar-refractivity contribution in [2.45, 2.75) is 83.6 Å². The third kappa shape index (κ3) is 7.36. The minimum Gasteiger partial charge on any atom is -0.479 e. The topological polar surface area (TPSA) is 227 Å². The molecule has 0 amide bonds. The Kier molecular flexibility index (Phi) is 10.8. The molecule has 0 bridgehead atoms. The van der Waals surface area contributed by atoms with Crippen molar-refractivity contribution in [3.8, 4) is 5.88 Å². The molecule has 0 radical (unpaired) electrons. The third-order valence-corrected chi connectivity index (χ3v) is 9.35. The number of nitrogens with one attached hydrogen (secondary N) is 2. The number of hydrogen-bond acceptors (Lipinski definition) is 15. The molecule has 2 fully saturated rings. The molecule has 3 unspecified atom stereocenters. The molecular formula is C27H42N7O11P. The first-order chi connectivity index (χ1) is 21.6. The van der Waals surface area contributed by atoms with Gasteiger partial charge < -0.3 is 38.7 Å². The normalized spacial score (nSPS) is 25.1. The van der Waals surface area contributed by atoms with Crippen LogP contribution in [0.5, 0.6) is 5.88 Å². The van der Waals surface area contributed by atoms with E-state index >= 15 is 0 Å². The van der Waals surface area contributed by atoms with Crippen molar-refractivity contribution >= 4 is 42.9 Å². The molecule has 4 rings (SSSR count). The van der Waals surface area contributed by atoms with Crippen molar-refractivity contribution in [1.82, 2.24) is 29.7 Å². The van der Waals surface area contributed by atoms with E-state index in [1.165, 1.54) is 32.2 Å². The number of hydrogen-bond donors (Lipinski definition) is 3. The number of anilines is 1. The number of rotatable bonds is 15. The molecule has 4 N–H and O–H groups in total. The van der Waals surface area contributed by atoms with Gasteiger partial charge in [0, 0.05) is 0 Å². The Morgan fingerprint density at radius 2 is 1.65 bits per heavy atom. The van der Waals surface area contributed by atoms with Gasteiger partial charge in [0.05, 0.1) is 34.3 Å². The molecule has 6 atom stereocenters. The smallest absolute Gasteiger partial charge is 0.479 e. The van der Waals surface area contributed by atoms with Gasteiger partial charge in [-0.15, -0.1) is 0 Å². The Morgan fingerprint density at radius 1 is 1.07 bits per heavy atom. The fourth-order valence-corrected chi connectivity index (χ4v) is 7.33. The lowest BCUT2D eigenvalue weighted by Crippen LogP contribution is -2.46. The molecule has 2 aliphatic heterocycles. The Labute approximate surface area is 265 Å². The second kappa shape index (κ2) is 14.0. The highest BCUT2D eigenvalue weighted by molar-refractivity contribution is 7.54. The lowest BCUT2D eigenvalue weighted by atomic mass is 9.96. The third-order valence-electron chi connectivity index (χ3n) is 7.53. The number of imidazole rings is 1. The number of methoxy groups -OCH3 is 3. The van der Waals surface area contributed by atoms with Gasteiger partial charge in [0.1, 0.15) is 18.2 Å². The van der Waals surface area contributed by atoms with Crippen LogP contribution in [0.4, 0.5) is 10.7 Å². The van der Waals surface area contributed by atoms with Gasteiger partial charge in [-0.25, -0.2) is 20.0 Å². The first kappa shape index (κ1) is 35.3. The minimum atomic E-state index is -4.28. The van der Waals surface area contributed by atoms with Crippen LogP contribution in [0.3, 0.4) is 0 Å². The zero-order chi connectivity index (χ0) is 34.0. The first-order valence-electron chi connectivity index (χ1n) is 14.7. The fraction of sp³-hybridized carbons (Fsp3) is 0.704. The quantitative estimate of drug-likeness (QED) is 0.140. The summed E-state index contributed by atoms with van der Waals surface area (Å²) < 4.78 is 54.5. The van der Waals surface area contributed by atoms with Crippen molar-refractivity contribution in [3.63, 3.8) is 0 Å². The number of aromatic nitrogens is 4. The summed E-state index contributed by atoms with van der Waals surface area (Å²) >= 11 is 0. The van der Waals surface area contributed by atoms with Gasteiger partial charge in [0.2, 0.25) is 11.8 Å². The van der Waals surface area contributed by atoms with Crippen molar-refractivity contribution in [3.05, 3.63) is 6.33 Å². The van der Waals surface area contributed by atoms with Crippen LogP contribution in [0.2, 0.25) is 0 Å². The van der Waals surface area contributed by atoms with Gasteiger partial charge in [-0.3, -0.25) is 18.7 Å². The summed E-state index contributed by atoms with van der Waals surface area (Å²) in [6.45, 7) is 8.67. The van der Waals surface area contributed by atoms with Crippen LogP contribution < -0.4 is 20.6 Å². The molecule has 256 valence electrons. The molecular weight excluding hydrogens is 629 g/mol. The average Bonchev–Trinajstić information content (AvgIpc) is 3.62. The van der Waals surface area contributed by atoms with E-state index in [0.29, 0.717) is 0 Å². The van der Waals surface area contributed by atoms with Crippen LogP contribution in [0.1, 0.15) is 53.7 Å². The van der Waals surface area contributed by atoms with Crippen molar-refractivity contribution in [2.75, 3.05) is 33.7 Å². The number of carbonyl (C=O) groups is 3. The van der Waals surface area contributed by atoms with E-state index in [-0.39, 0.29) is 47.7 Å². The van der Waals surface area contributed by atoms with Crippen LogP contribution in [0.25, 0.3) is 11.2 Å². The second-order valence-corrected chi connectivity index (χ2v) is 13.9.